The van der Waals surface area contributed by atoms with Gasteiger partial charge in [0.15, 0.2) is 12.6 Å². The van der Waals surface area contributed by atoms with Crippen LogP contribution >= 0.6 is 0 Å². The molecule has 3 aromatic heterocycles. The fraction of sp³-hybridized carbons (Fsp3) is 0.381. The molecule has 0 aliphatic rings. The van der Waals surface area contributed by atoms with Gasteiger partial charge < -0.3 is 9.13 Å². The van der Waals surface area contributed by atoms with Crippen LogP contribution < -0.4 is 11.1 Å². The maximum Gasteiger partial charge on any atom is 0.260 e. The molecular formula is C21H23N3O4. The average molecular weight is 381 g/mol. The zero-order valence-electron chi connectivity index (χ0n) is 16.1. The van der Waals surface area contributed by atoms with Crippen LogP contribution in [0.4, 0.5) is 0 Å². The van der Waals surface area contributed by atoms with Gasteiger partial charge in [0.05, 0.1) is 32.9 Å². The van der Waals surface area contributed by atoms with E-state index in [1.165, 1.54) is 27.6 Å². The maximum absolute atomic E-state index is 12.9. The highest BCUT2D eigenvalue weighted by molar-refractivity contribution is 6.03. The lowest BCUT2D eigenvalue weighted by atomic mass is 10.1. The second kappa shape index (κ2) is 8.29. The number of rotatable bonds is 8. The lowest BCUT2D eigenvalue weighted by Crippen LogP contribution is -2.24. The first-order valence-electron chi connectivity index (χ1n) is 9.57. The minimum atomic E-state index is -0.292. The van der Waals surface area contributed by atoms with Gasteiger partial charge in [-0.1, -0.05) is 26.7 Å². The highest BCUT2D eigenvalue weighted by Crippen LogP contribution is 2.20. The van der Waals surface area contributed by atoms with Crippen LogP contribution in [-0.4, -0.2) is 26.7 Å². The molecule has 0 N–H and O–H groups in total. The first-order valence-corrected chi connectivity index (χ1v) is 9.57. The molecule has 0 aliphatic carbocycles. The van der Waals surface area contributed by atoms with Crippen molar-refractivity contribution in [2.45, 2.75) is 52.6 Å². The fourth-order valence-electron chi connectivity index (χ4n) is 3.33. The molecule has 7 nitrogen and oxygen atoms in total. The van der Waals surface area contributed by atoms with Gasteiger partial charge in [-0.05, 0) is 18.9 Å². The smallest absolute Gasteiger partial charge is 0.260 e. The van der Waals surface area contributed by atoms with E-state index in [0.717, 1.165) is 25.7 Å². The first-order chi connectivity index (χ1) is 13.5. The number of hydrogen-bond donors (Lipinski definition) is 0. The Hall–Kier alpha value is -3.09. The summed E-state index contributed by atoms with van der Waals surface area (Å²) in [6, 6.07) is 1.48. The summed E-state index contributed by atoms with van der Waals surface area (Å²) in [6.45, 7) is 5.00. The lowest BCUT2D eigenvalue weighted by molar-refractivity contribution is 0.111. The minimum Gasteiger partial charge on any atom is -0.314 e. The van der Waals surface area contributed by atoms with E-state index < -0.39 is 0 Å². The van der Waals surface area contributed by atoms with Crippen LogP contribution in [-0.2, 0) is 13.1 Å². The highest BCUT2D eigenvalue weighted by Gasteiger charge is 2.16. The number of hydrogen-bond acceptors (Lipinski definition) is 5. The van der Waals surface area contributed by atoms with Gasteiger partial charge in [-0.3, -0.25) is 19.2 Å². The van der Waals surface area contributed by atoms with E-state index in [9.17, 15) is 19.2 Å². The van der Waals surface area contributed by atoms with E-state index in [1.807, 2.05) is 13.8 Å². The van der Waals surface area contributed by atoms with Crippen LogP contribution in [0.25, 0.3) is 21.8 Å². The number of fused-ring (bicyclic) bond motifs is 2. The predicted octanol–water partition coefficient (Wildman–Crippen LogP) is 2.94. The summed E-state index contributed by atoms with van der Waals surface area (Å²) < 4.78 is 2.98. The van der Waals surface area contributed by atoms with Crippen LogP contribution in [0.1, 0.15) is 60.2 Å². The Morgan fingerprint density at radius 2 is 1.25 bits per heavy atom. The maximum atomic E-state index is 12.9. The molecule has 3 heterocycles. The molecule has 3 aromatic rings. The Morgan fingerprint density at radius 3 is 1.61 bits per heavy atom. The van der Waals surface area contributed by atoms with E-state index >= 15 is 0 Å². The van der Waals surface area contributed by atoms with Crippen LogP contribution in [0.2, 0.25) is 0 Å². The molecule has 0 saturated carbocycles. The number of carbonyl (C=O) groups excluding carboxylic acids is 2. The monoisotopic (exact) mass is 381 g/mol. The minimum absolute atomic E-state index is 0.217. The van der Waals surface area contributed by atoms with Crippen molar-refractivity contribution >= 4 is 34.4 Å². The summed E-state index contributed by atoms with van der Waals surface area (Å²) in [7, 11) is 0. The lowest BCUT2D eigenvalue weighted by Gasteiger charge is -2.12. The van der Waals surface area contributed by atoms with E-state index in [0.29, 0.717) is 25.7 Å². The van der Waals surface area contributed by atoms with Crippen molar-refractivity contribution in [3.8, 4) is 0 Å². The third-order valence-electron chi connectivity index (χ3n) is 4.90. The summed E-state index contributed by atoms with van der Waals surface area (Å²) in [5, 5.41) is 0.436. The molecule has 0 unspecified atom stereocenters. The Bertz CT molecular complexity index is 1090. The second-order valence-corrected chi connectivity index (χ2v) is 6.89. The summed E-state index contributed by atoms with van der Waals surface area (Å²) in [4.78, 5) is 53.4. The number of aldehydes is 2. The van der Waals surface area contributed by atoms with Gasteiger partial charge in [0.25, 0.3) is 11.1 Å². The highest BCUT2D eigenvalue weighted by atomic mass is 16.1. The van der Waals surface area contributed by atoms with Crippen molar-refractivity contribution in [3.05, 3.63) is 50.3 Å². The van der Waals surface area contributed by atoms with Gasteiger partial charge in [-0.25, -0.2) is 4.98 Å². The Balaban J connectivity index is 2.39. The summed E-state index contributed by atoms with van der Waals surface area (Å²) >= 11 is 0. The van der Waals surface area contributed by atoms with Gasteiger partial charge in [0.1, 0.15) is 0 Å². The molecule has 0 fully saturated rings. The molecule has 0 aliphatic heterocycles. The molecule has 0 radical (unpaired) electrons. The summed E-state index contributed by atoms with van der Waals surface area (Å²) in [5.74, 6) is 0. The van der Waals surface area contributed by atoms with Crippen molar-refractivity contribution < 1.29 is 9.59 Å². The predicted molar refractivity (Wildman–Crippen MR) is 108 cm³/mol. The molecular weight excluding hydrogens is 358 g/mol. The zero-order valence-corrected chi connectivity index (χ0v) is 16.1. The second-order valence-electron chi connectivity index (χ2n) is 6.89. The molecule has 0 atom stereocenters. The zero-order chi connectivity index (χ0) is 20.3. The first kappa shape index (κ1) is 19.7. The number of unbranched alkanes of at least 4 members (excludes halogenated alkanes) is 2. The SMILES string of the molecule is CCCCn1cc(C=O)c2nc3c(C=O)cn(CCCC)c(=O)c3cc2c1=O. The summed E-state index contributed by atoms with van der Waals surface area (Å²) in [6.07, 6.45) is 7.68. The van der Waals surface area contributed by atoms with Crippen LogP contribution in [0, 0.1) is 0 Å². The van der Waals surface area contributed by atoms with Gasteiger partial charge in [-0.15, -0.1) is 0 Å². The third-order valence-corrected chi connectivity index (χ3v) is 4.90. The Kier molecular flexibility index (Phi) is 5.82. The molecule has 0 saturated heterocycles. The number of aryl methyl sites for hydroxylation is 2. The molecule has 0 aromatic carbocycles. The van der Waals surface area contributed by atoms with E-state index in [-0.39, 0.29) is 44.1 Å². The Morgan fingerprint density at radius 1 is 0.821 bits per heavy atom. The van der Waals surface area contributed by atoms with Gasteiger partial charge in [0.2, 0.25) is 0 Å². The van der Waals surface area contributed by atoms with Crippen LogP contribution in [0.15, 0.2) is 28.0 Å². The van der Waals surface area contributed by atoms with Crippen molar-refractivity contribution in [2.75, 3.05) is 0 Å². The number of nitrogens with zero attached hydrogens (tertiary/aromatic N) is 3. The summed E-state index contributed by atoms with van der Waals surface area (Å²) in [5.41, 5.74) is 0.376. The fourth-order valence-corrected chi connectivity index (χ4v) is 3.33. The van der Waals surface area contributed by atoms with Gasteiger partial charge >= 0.3 is 0 Å². The van der Waals surface area contributed by atoms with Crippen LogP contribution in [0.5, 0.6) is 0 Å². The molecule has 7 heteroatoms. The van der Waals surface area contributed by atoms with E-state index in [1.54, 1.807) is 0 Å². The van der Waals surface area contributed by atoms with E-state index in [4.69, 9.17) is 0 Å². The molecule has 146 valence electrons. The average Bonchev–Trinajstić information content (AvgIpc) is 2.72. The number of pyridine rings is 3. The molecule has 0 spiro atoms. The molecule has 0 amide bonds. The van der Waals surface area contributed by atoms with E-state index in [2.05, 4.69) is 4.98 Å². The normalized spacial score (nSPS) is 11.2. The van der Waals surface area contributed by atoms with Crippen molar-refractivity contribution in [2.24, 2.45) is 0 Å². The number of aromatic nitrogens is 3. The van der Waals surface area contributed by atoms with Crippen molar-refractivity contribution in [1.29, 1.82) is 0 Å². The topological polar surface area (TPSA) is 91.0 Å². The molecule has 0 bridgehead atoms. The van der Waals surface area contributed by atoms with Gasteiger partial charge in [-0.2, -0.15) is 0 Å². The van der Waals surface area contributed by atoms with Gasteiger partial charge in [0, 0.05) is 25.5 Å². The molecule has 28 heavy (non-hydrogen) atoms. The largest absolute Gasteiger partial charge is 0.314 e. The standard InChI is InChI=1S/C21H23N3O4/c1-3-5-7-23-10-14(12-25)18-16(20(23)27)9-17-19(22-18)15(13-26)11-24(21(17)28)8-6-4-2/h9-13H,3-8H2,1-2H3. The van der Waals surface area contributed by atoms with Crippen LogP contribution in [0.3, 0.4) is 0 Å². The van der Waals surface area contributed by atoms with Crippen molar-refractivity contribution in [1.82, 2.24) is 14.1 Å². The molecule has 3 rings (SSSR count). The quantitative estimate of drug-likeness (QED) is 0.442. The number of carbonyl (C=O) groups is 2. The van der Waals surface area contributed by atoms with Crippen molar-refractivity contribution in [3.63, 3.8) is 0 Å². The Labute approximate surface area is 161 Å². The third kappa shape index (κ3) is 3.40.